The predicted molar refractivity (Wildman–Crippen MR) is 57.8 cm³/mol. The zero-order valence-electron chi connectivity index (χ0n) is 8.55. The summed E-state index contributed by atoms with van der Waals surface area (Å²) in [6.45, 7) is -0.512. The lowest BCUT2D eigenvalue weighted by molar-refractivity contribution is -0.116. The third kappa shape index (κ3) is 3.20. The molecule has 0 unspecified atom stereocenters. The van der Waals surface area contributed by atoms with Crippen LogP contribution >= 0.6 is 0 Å². The zero-order valence-corrected chi connectivity index (χ0v) is 9.37. The Labute approximate surface area is 92.7 Å². The molecule has 0 saturated heterocycles. The standard InChI is InChI=1S/C9H11FN2O3S/c1-16(14,15)12(6-9(11)13)8-4-2-3-7(10)5-8/h2-5H,6H2,1H3,(H2,11,13). The highest BCUT2D eigenvalue weighted by atomic mass is 32.2. The quantitative estimate of drug-likeness (QED) is 0.816. The summed E-state index contributed by atoms with van der Waals surface area (Å²) in [5.74, 6) is -1.40. The van der Waals surface area contributed by atoms with Gasteiger partial charge in [0.1, 0.15) is 12.4 Å². The van der Waals surface area contributed by atoms with E-state index in [2.05, 4.69) is 0 Å². The molecule has 5 nitrogen and oxygen atoms in total. The number of carbonyl (C=O) groups excluding carboxylic acids is 1. The lowest BCUT2D eigenvalue weighted by Crippen LogP contribution is -2.37. The van der Waals surface area contributed by atoms with Gasteiger partial charge in [-0.05, 0) is 18.2 Å². The molecule has 0 saturated carbocycles. The van der Waals surface area contributed by atoms with Crippen LogP contribution in [0.3, 0.4) is 0 Å². The maximum absolute atomic E-state index is 12.9. The van der Waals surface area contributed by atoms with Gasteiger partial charge in [0.25, 0.3) is 0 Å². The molecule has 16 heavy (non-hydrogen) atoms. The average Bonchev–Trinajstić information content (AvgIpc) is 2.12. The van der Waals surface area contributed by atoms with E-state index in [1.165, 1.54) is 18.2 Å². The Bertz CT molecular complexity index is 501. The Hall–Kier alpha value is -1.63. The van der Waals surface area contributed by atoms with Crippen molar-refractivity contribution in [2.75, 3.05) is 17.1 Å². The summed E-state index contributed by atoms with van der Waals surface area (Å²) in [5, 5.41) is 0. The molecule has 1 aromatic rings. The van der Waals surface area contributed by atoms with Crippen molar-refractivity contribution in [2.45, 2.75) is 0 Å². The van der Waals surface area contributed by atoms with Crippen LogP contribution in [0, 0.1) is 5.82 Å². The SMILES string of the molecule is CS(=O)(=O)N(CC(N)=O)c1cccc(F)c1. The third-order valence-electron chi connectivity index (χ3n) is 1.80. The zero-order chi connectivity index (χ0) is 12.3. The van der Waals surface area contributed by atoms with Crippen molar-refractivity contribution in [2.24, 2.45) is 5.73 Å². The summed E-state index contributed by atoms with van der Waals surface area (Å²) in [5.41, 5.74) is 5.00. The first-order valence-electron chi connectivity index (χ1n) is 4.32. The predicted octanol–water partition coefficient (Wildman–Crippen LogP) is 0.0770. The Morgan fingerprint density at radius 1 is 1.50 bits per heavy atom. The molecule has 1 rings (SSSR count). The van der Waals surface area contributed by atoms with Crippen LogP contribution in [0.5, 0.6) is 0 Å². The van der Waals surface area contributed by atoms with Crippen molar-refractivity contribution in [3.63, 3.8) is 0 Å². The summed E-state index contributed by atoms with van der Waals surface area (Å²) < 4.78 is 36.4. The molecule has 7 heteroatoms. The maximum atomic E-state index is 12.9. The van der Waals surface area contributed by atoms with Crippen LogP contribution in [0.2, 0.25) is 0 Å². The van der Waals surface area contributed by atoms with Crippen LogP contribution in [0.15, 0.2) is 24.3 Å². The molecule has 0 heterocycles. The summed E-state index contributed by atoms with van der Waals surface area (Å²) in [7, 11) is -3.66. The second kappa shape index (κ2) is 4.48. The van der Waals surface area contributed by atoms with E-state index in [0.717, 1.165) is 16.6 Å². The number of sulfonamides is 1. The molecule has 1 aromatic carbocycles. The van der Waals surface area contributed by atoms with Crippen molar-refractivity contribution in [3.8, 4) is 0 Å². The molecule has 2 N–H and O–H groups in total. The van der Waals surface area contributed by atoms with E-state index in [9.17, 15) is 17.6 Å². The molecule has 0 aliphatic heterocycles. The number of rotatable bonds is 4. The molecule has 88 valence electrons. The molecular weight excluding hydrogens is 235 g/mol. The van der Waals surface area contributed by atoms with Crippen LogP contribution in [-0.4, -0.2) is 27.1 Å². The summed E-state index contributed by atoms with van der Waals surface area (Å²) in [4.78, 5) is 10.7. The van der Waals surface area contributed by atoms with Gasteiger partial charge < -0.3 is 5.73 Å². The lowest BCUT2D eigenvalue weighted by Gasteiger charge is -2.20. The number of carbonyl (C=O) groups is 1. The highest BCUT2D eigenvalue weighted by Crippen LogP contribution is 2.17. The Morgan fingerprint density at radius 2 is 2.12 bits per heavy atom. The van der Waals surface area contributed by atoms with E-state index < -0.39 is 28.3 Å². The number of nitrogens with zero attached hydrogens (tertiary/aromatic N) is 1. The van der Waals surface area contributed by atoms with Gasteiger partial charge in [-0.3, -0.25) is 9.10 Å². The van der Waals surface area contributed by atoms with E-state index in [-0.39, 0.29) is 5.69 Å². The van der Waals surface area contributed by atoms with Gasteiger partial charge in [-0.15, -0.1) is 0 Å². The third-order valence-corrected chi connectivity index (χ3v) is 2.94. The molecule has 0 radical (unpaired) electrons. The smallest absolute Gasteiger partial charge is 0.238 e. The van der Waals surface area contributed by atoms with Gasteiger partial charge in [0, 0.05) is 0 Å². The second-order valence-corrected chi connectivity index (χ2v) is 5.12. The van der Waals surface area contributed by atoms with Gasteiger partial charge in [-0.25, -0.2) is 12.8 Å². The molecule has 1 amide bonds. The average molecular weight is 246 g/mol. The summed E-state index contributed by atoms with van der Waals surface area (Å²) >= 11 is 0. The second-order valence-electron chi connectivity index (χ2n) is 3.22. The van der Waals surface area contributed by atoms with E-state index in [1.54, 1.807) is 0 Å². The molecule has 0 spiro atoms. The Morgan fingerprint density at radius 3 is 2.56 bits per heavy atom. The van der Waals surface area contributed by atoms with Crippen LogP contribution in [0.1, 0.15) is 0 Å². The normalized spacial score (nSPS) is 11.1. The highest BCUT2D eigenvalue weighted by Gasteiger charge is 2.19. The lowest BCUT2D eigenvalue weighted by atomic mass is 10.3. The van der Waals surface area contributed by atoms with Crippen LogP contribution in [0.25, 0.3) is 0 Å². The maximum Gasteiger partial charge on any atom is 0.238 e. The number of halogens is 1. The fourth-order valence-corrected chi connectivity index (χ4v) is 2.03. The first kappa shape index (κ1) is 12.4. The van der Waals surface area contributed by atoms with Crippen molar-refractivity contribution in [1.29, 1.82) is 0 Å². The minimum Gasteiger partial charge on any atom is -0.368 e. The fraction of sp³-hybridized carbons (Fsp3) is 0.222. The molecule has 0 aliphatic rings. The highest BCUT2D eigenvalue weighted by molar-refractivity contribution is 7.92. The number of hydrogen-bond acceptors (Lipinski definition) is 3. The molecule has 0 aliphatic carbocycles. The number of anilines is 1. The van der Waals surface area contributed by atoms with Gasteiger partial charge >= 0.3 is 0 Å². The van der Waals surface area contributed by atoms with Crippen molar-refractivity contribution in [3.05, 3.63) is 30.1 Å². The first-order valence-corrected chi connectivity index (χ1v) is 6.17. The van der Waals surface area contributed by atoms with Crippen LogP contribution < -0.4 is 10.0 Å². The largest absolute Gasteiger partial charge is 0.368 e. The number of primary amides is 1. The Balaban J connectivity index is 3.16. The molecular formula is C9H11FN2O3S. The minimum atomic E-state index is -3.66. The van der Waals surface area contributed by atoms with Crippen LogP contribution in [-0.2, 0) is 14.8 Å². The van der Waals surface area contributed by atoms with Crippen molar-refractivity contribution in [1.82, 2.24) is 0 Å². The minimum absolute atomic E-state index is 0.0706. The van der Waals surface area contributed by atoms with Crippen LogP contribution in [0.4, 0.5) is 10.1 Å². The molecule has 0 aromatic heterocycles. The Kier molecular flexibility index (Phi) is 3.48. The van der Waals surface area contributed by atoms with Gasteiger partial charge in [-0.2, -0.15) is 0 Å². The van der Waals surface area contributed by atoms with Gasteiger partial charge in [0.15, 0.2) is 0 Å². The summed E-state index contributed by atoms with van der Waals surface area (Å²) in [6.07, 6.45) is 0.918. The molecule has 0 fully saturated rings. The van der Waals surface area contributed by atoms with E-state index in [0.29, 0.717) is 0 Å². The van der Waals surface area contributed by atoms with Gasteiger partial charge in [0.05, 0.1) is 11.9 Å². The number of benzene rings is 1. The summed E-state index contributed by atoms with van der Waals surface area (Å²) in [6, 6.07) is 4.93. The first-order chi connectivity index (χ1) is 7.30. The molecule has 0 bridgehead atoms. The van der Waals surface area contributed by atoms with E-state index >= 15 is 0 Å². The van der Waals surface area contributed by atoms with Crippen molar-refractivity contribution < 1.29 is 17.6 Å². The van der Waals surface area contributed by atoms with E-state index in [1.807, 2.05) is 0 Å². The van der Waals surface area contributed by atoms with Crippen molar-refractivity contribution >= 4 is 21.6 Å². The van der Waals surface area contributed by atoms with Gasteiger partial charge in [0.2, 0.25) is 15.9 Å². The number of amides is 1. The van der Waals surface area contributed by atoms with Gasteiger partial charge in [-0.1, -0.05) is 6.07 Å². The topological polar surface area (TPSA) is 80.5 Å². The van der Waals surface area contributed by atoms with E-state index in [4.69, 9.17) is 5.73 Å². The fourth-order valence-electron chi connectivity index (χ4n) is 1.17. The number of hydrogen-bond donors (Lipinski definition) is 1. The molecule has 0 atom stereocenters. The number of nitrogens with two attached hydrogens (primary N) is 1. The monoisotopic (exact) mass is 246 g/mol.